The molecule has 0 saturated heterocycles. The molecular formula is C27H27F2N3O2. The van der Waals surface area contributed by atoms with E-state index in [0.717, 1.165) is 34.0 Å². The molecule has 1 aromatic heterocycles. The minimum absolute atomic E-state index is 0.230. The molecule has 2 atom stereocenters. The van der Waals surface area contributed by atoms with Gasteiger partial charge >= 0.3 is 0 Å². The van der Waals surface area contributed by atoms with Crippen molar-refractivity contribution in [2.75, 3.05) is 19.0 Å². The van der Waals surface area contributed by atoms with Crippen LogP contribution in [0.15, 0.2) is 79.0 Å². The minimum atomic E-state index is -0.844. The van der Waals surface area contributed by atoms with Crippen LogP contribution in [0.25, 0.3) is 10.9 Å². The van der Waals surface area contributed by atoms with Gasteiger partial charge in [-0.05, 0) is 53.9 Å². The lowest BCUT2D eigenvalue weighted by Crippen LogP contribution is -2.42. The van der Waals surface area contributed by atoms with Gasteiger partial charge < -0.3 is 20.5 Å². The molecule has 0 spiro atoms. The summed E-state index contributed by atoms with van der Waals surface area (Å²) < 4.78 is 32.9. The van der Waals surface area contributed by atoms with Crippen LogP contribution in [-0.4, -0.2) is 35.9 Å². The van der Waals surface area contributed by atoms with Gasteiger partial charge in [-0.15, -0.1) is 0 Å². The molecule has 4 aromatic rings. The Morgan fingerprint density at radius 1 is 0.941 bits per heavy atom. The van der Waals surface area contributed by atoms with E-state index in [-0.39, 0.29) is 13.0 Å². The second-order valence-corrected chi connectivity index (χ2v) is 8.16. The van der Waals surface area contributed by atoms with E-state index in [1.165, 1.54) is 12.1 Å². The number of hydrogen-bond donors (Lipinski definition) is 3. The number of aliphatic hydroxyl groups is 1. The number of halogens is 2. The molecule has 0 amide bonds. The zero-order valence-corrected chi connectivity index (χ0v) is 18.8. The van der Waals surface area contributed by atoms with E-state index in [1.54, 1.807) is 13.3 Å². The van der Waals surface area contributed by atoms with Gasteiger partial charge in [-0.1, -0.05) is 30.3 Å². The van der Waals surface area contributed by atoms with Crippen molar-refractivity contribution in [3.8, 4) is 5.75 Å². The van der Waals surface area contributed by atoms with Crippen molar-refractivity contribution < 1.29 is 18.6 Å². The van der Waals surface area contributed by atoms with E-state index in [9.17, 15) is 13.9 Å². The number of para-hydroxylation sites is 1. The minimum Gasteiger partial charge on any atom is -0.497 e. The van der Waals surface area contributed by atoms with Crippen LogP contribution in [0.4, 0.5) is 14.5 Å². The first-order valence-electron chi connectivity index (χ1n) is 11.1. The van der Waals surface area contributed by atoms with Crippen molar-refractivity contribution in [1.29, 1.82) is 0 Å². The summed E-state index contributed by atoms with van der Waals surface area (Å²) in [7, 11) is 1.62. The summed E-state index contributed by atoms with van der Waals surface area (Å²) in [6, 6.07) is 20.1. The van der Waals surface area contributed by atoms with E-state index in [2.05, 4.69) is 15.6 Å². The first-order chi connectivity index (χ1) is 16.5. The molecule has 34 heavy (non-hydrogen) atoms. The fourth-order valence-corrected chi connectivity index (χ4v) is 3.98. The standard InChI is InChI=1S/C27H27F2N3O2/c1-34-22-6-4-5-18(13-22)16-30-17-27(33)26(14-19-11-20(28)15-21(29)12-19)32-25-9-10-31-24-8-3-2-7-23(24)25/h2-13,15,26-27,30,33H,14,16-17H2,1H3,(H,31,32). The third-order valence-corrected chi connectivity index (χ3v) is 5.65. The van der Waals surface area contributed by atoms with E-state index in [0.29, 0.717) is 12.1 Å². The smallest absolute Gasteiger partial charge is 0.126 e. The summed E-state index contributed by atoms with van der Waals surface area (Å²) in [5, 5.41) is 18.6. The molecule has 0 fully saturated rings. The largest absolute Gasteiger partial charge is 0.497 e. The van der Waals surface area contributed by atoms with Crippen molar-refractivity contribution in [3.05, 3.63) is 102 Å². The van der Waals surface area contributed by atoms with Gasteiger partial charge in [-0.2, -0.15) is 0 Å². The van der Waals surface area contributed by atoms with Crippen LogP contribution in [0.3, 0.4) is 0 Å². The van der Waals surface area contributed by atoms with Gasteiger partial charge in [0.05, 0.1) is 24.8 Å². The van der Waals surface area contributed by atoms with Gasteiger partial charge in [0, 0.05) is 36.4 Å². The van der Waals surface area contributed by atoms with Gasteiger partial charge in [-0.3, -0.25) is 4.98 Å². The average molecular weight is 464 g/mol. The number of benzene rings is 3. The molecule has 7 heteroatoms. The van der Waals surface area contributed by atoms with E-state index in [4.69, 9.17) is 4.74 Å². The Morgan fingerprint density at radius 3 is 2.53 bits per heavy atom. The molecule has 0 aliphatic carbocycles. The van der Waals surface area contributed by atoms with Gasteiger partial charge in [-0.25, -0.2) is 8.78 Å². The summed E-state index contributed by atoms with van der Waals surface area (Å²) in [4.78, 5) is 4.37. The predicted molar refractivity (Wildman–Crippen MR) is 130 cm³/mol. The molecular weight excluding hydrogens is 436 g/mol. The lowest BCUT2D eigenvalue weighted by atomic mass is 9.99. The molecule has 0 radical (unpaired) electrons. The molecule has 0 aliphatic rings. The highest BCUT2D eigenvalue weighted by molar-refractivity contribution is 5.91. The number of fused-ring (bicyclic) bond motifs is 1. The van der Waals surface area contributed by atoms with Gasteiger partial charge in [0.1, 0.15) is 17.4 Å². The Balaban J connectivity index is 1.52. The van der Waals surface area contributed by atoms with E-state index >= 15 is 0 Å². The van der Waals surface area contributed by atoms with Crippen molar-refractivity contribution in [1.82, 2.24) is 10.3 Å². The molecule has 5 nitrogen and oxygen atoms in total. The third-order valence-electron chi connectivity index (χ3n) is 5.65. The fraction of sp³-hybridized carbons (Fsp3) is 0.222. The Labute approximate surface area is 197 Å². The molecule has 3 N–H and O–H groups in total. The molecule has 0 saturated carbocycles. The van der Waals surface area contributed by atoms with Crippen LogP contribution in [0.5, 0.6) is 5.75 Å². The number of methoxy groups -OCH3 is 1. The van der Waals surface area contributed by atoms with Crippen molar-refractivity contribution in [3.63, 3.8) is 0 Å². The van der Waals surface area contributed by atoms with Crippen LogP contribution >= 0.6 is 0 Å². The van der Waals surface area contributed by atoms with Crippen LogP contribution in [0.2, 0.25) is 0 Å². The Hall–Kier alpha value is -3.55. The lowest BCUT2D eigenvalue weighted by molar-refractivity contribution is 0.149. The molecule has 1 heterocycles. The molecule has 176 valence electrons. The highest BCUT2D eigenvalue weighted by atomic mass is 19.1. The number of aliphatic hydroxyl groups excluding tert-OH is 1. The summed E-state index contributed by atoms with van der Waals surface area (Å²) in [5.41, 5.74) is 3.08. The SMILES string of the molecule is COc1cccc(CNCC(O)C(Cc2cc(F)cc(F)c2)Nc2ccnc3ccccc23)c1. The van der Waals surface area contributed by atoms with Gasteiger partial charge in [0.2, 0.25) is 0 Å². The number of pyridine rings is 1. The highest BCUT2D eigenvalue weighted by Crippen LogP contribution is 2.23. The number of anilines is 1. The first-order valence-corrected chi connectivity index (χ1v) is 11.1. The molecule has 4 rings (SSSR count). The number of ether oxygens (including phenoxy) is 1. The first kappa shape index (κ1) is 23.6. The zero-order valence-electron chi connectivity index (χ0n) is 18.8. The molecule has 0 bridgehead atoms. The molecule has 2 unspecified atom stereocenters. The number of rotatable bonds is 10. The summed E-state index contributed by atoms with van der Waals surface area (Å²) in [5.74, 6) is -0.528. The van der Waals surface area contributed by atoms with Gasteiger partial charge in [0.15, 0.2) is 0 Å². The van der Waals surface area contributed by atoms with Gasteiger partial charge in [0.25, 0.3) is 0 Å². The number of nitrogens with one attached hydrogen (secondary N) is 2. The van der Waals surface area contributed by atoms with Crippen molar-refractivity contribution in [2.45, 2.75) is 25.1 Å². The zero-order chi connectivity index (χ0) is 23.9. The maximum atomic E-state index is 13.8. The number of nitrogens with zero attached hydrogens (tertiary/aromatic N) is 1. The second kappa shape index (κ2) is 11.0. The van der Waals surface area contributed by atoms with Crippen LogP contribution in [0.1, 0.15) is 11.1 Å². The molecule has 0 aliphatic heterocycles. The summed E-state index contributed by atoms with van der Waals surface area (Å²) in [6.45, 7) is 0.809. The quantitative estimate of drug-likeness (QED) is 0.318. The highest BCUT2D eigenvalue weighted by Gasteiger charge is 2.21. The number of hydrogen-bond acceptors (Lipinski definition) is 5. The fourth-order valence-electron chi connectivity index (χ4n) is 3.98. The second-order valence-electron chi connectivity index (χ2n) is 8.16. The topological polar surface area (TPSA) is 66.4 Å². The monoisotopic (exact) mass is 463 g/mol. The summed E-state index contributed by atoms with van der Waals surface area (Å²) >= 11 is 0. The normalized spacial score (nSPS) is 12.9. The maximum absolute atomic E-state index is 13.8. The average Bonchev–Trinajstić information content (AvgIpc) is 2.83. The summed E-state index contributed by atoms with van der Waals surface area (Å²) in [6.07, 6.45) is 1.08. The number of aromatic nitrogens is 1. The Kier molecular flexibility index (Phi) is 7.67. The Morgan fingerprint density at radius 2 is 1.74 bits per heavy atom. The third kappa shape index (κ3) is 6.07. The van der Waals surface area contributed by atoms with Crippen LogP contribution in [-0.2, 0) is 13.0 Å². The Bertz CT molecular complexity index is 1230. The van der Waals surface area contributed by atoms with Crippen LogP contribution in [0, 0.1) is 11.6 Å². The van der Waals surface area contributed by atoms with Crippen LogP contribution < -0.4 is 15.4 Å². The van der Waals surface area contributed by atoms with Crippen molar-refractivity contribution >= 4 is 16.6 Å². The van der Waals surface area contributed by atoms with Crippen molar-refractivity contribution in [2.24, 2.45) is 0 Å². The maximum Gasteiger partial charge on any atom is 0.126 e. The lowest BCUT2D eigenvalue weighted by Gasteiger charge is -2.26. The molecule has 3 aromatic carbocycles. The van der Waals surface area contributed by atoms with E-state index in [1.807, 2.05) is 54.6 Å². The predicted octanol–water partition coefficient (Wildman–Crippen LogP) is 4.70. The van der Waals surface area contributed by atoms with E-state index < -0.39 is 23.8 Å².